The molecule has 0 fully saturated rings. The minimum absolute atomic E-state index is 0.146. The third-order valence-electron chi connectivity index (χ3n) is 2.94. The highest BCUT2D eigenvalue weighted by molar-refractivity contribution is 8.13. The maximum Gasteiger partial charge on any atom is 0.276 e. The molecule has 0 saturated heterocycles. The van der Waals surface area contributed by atoms with Crippen LogP contribution in [0.25, 0.3) is 0 Å². The van der Waals surface area contributed by atoms with Crippen molar-refractivity contribution in [3.63, 3.8) is 0 Å². The number of hydrogen-bond donors (Lipinski definition) is 0. The van der Waals surface area contributed by atoms with E-state index in [9.17, 15) is 8.42 Å². The zero-order valence-corrected chi connectivity index (χ0v) is 11.6. The second kappa shape index (κ2) is 5.16. The molecule has 2 rings (SSSR count). The van der Waals surface area contributed by atoms with Crippen LogP contribution in [-0.4, -0.2) is 13.0 Å². The van der Waals surface area contributed by atoms with E-state index >= 15 is 0 Å². The van der Waals surface area contributed by atoms with Crippen molar-refractivity contribution in [3.8, 4) is 0 Å². The van der Waals surface area contributed by atoms with Gasteiger partial charge in [0, 0.05) is 23.4 Å². The molecule has 3 nitrogen and oxygen atoms in total. The molecule has 0 bridgehead atoms. The minimum atomic E-state index is -3.66. The summed E-state index contributed by atoms with van der Waals surface area (Å²) in [6, 6.07) is 13.4. The molecule has 0 amide bonds. The highest BCUT2D eigenvalue weighted by Gasteiger charge is 2.15. The number of rotatable bonds is 4. The van der Waals surface area contributed by atoms with E-state index in [-0.39, 0.29) is 5.03 Å². The highest BCUT2D eigenvalue weighted by Crippen LogP contribution is 2.18. The van der Waals surface area contributed by atoms with Crippen LogP contribution in [0.3, 0.4) is 0 Å². The SMILES string of the molecule is Cn1c(CCc2ccccc2)ccc1S(=O)(=O)Cl. The monoisotopic (exact) mass is 283 g/mol. The van der Waals surface area contributed by atoms with E-state index < -0.39 is 9.05 Å². The highest BCUT2D eigenvalue weighted by atomic mass is 35.7. The Balaban J connectivity index is 2.14. The van der Waals surface area contributed by atoms with Crippen LogP contribution in [0.1, 0.15) is 11.3 Å². The molecule has 0 N–H and O–H groups in total. The fourth-order valence-corrected chi connectivity index (χ4v) is 3.09. The fourth-order valence-electron chi connectivity index (χ4n) is 1.95. The fraction of sp³-hybridized carbons (Fsp3) is 0.231. The van der Waals surface area contributed by atoms with Gasteiger partial charge in [0.05, 0.1) is 0 Å². The van der Waals surface area contributed by atoms with E-state index in [4.69, 9.17) is 10.7 Å². The Bertz CT molecular complexity index is 632. The number of aryl methyl sites for hydroxylation is 2. The number of nitrogens with zero attached hydrogens (tertiary/aromatic N) is 1. The van der Waals surface area contributed by atoms with Gasteiger partial charge in [-0.05, 0) is 30.5 Å². The second-order valence-electron chi connectivity index (χ2n) is 4.15. The van der Waals surface area contributed by atoms with Crippen LogP contribution in [0.15, 0.2) is 47.5 Å². The molecule has 0 aliphatic heterocycles. The molecule has 0 atom stereocenters. The van der Waals surface area contributed by atoms with E-state index in [1.807, 2.05) is 18.2 Å². The molecule has 0 radical (unpaired) electrons. The van der Waals surface area contributed by atoms with Crippen LogP contribution in [0.4, 0.5) is 0 Å². The zero-order chi connectivity index (χ0) is 13.2. The number of aromatic nitrogens is 1. The summed E-state index contributed by atoms with van der Waals surface area (Å²) in [5.74, 6) is 0. The number of benzene rings is 1. The summed E-state index contributed by atoms with van der Waals surface area (Å²) in [5, 5.41) is 0.146. The smallest absolute Gasteiger partial charge is 0.276 e. The summed E-state index contributed by atoms with van der Waals surface area (Å²) in [5.41, 5.74) is 2.19. The largest absolute Gasteiger partial charge is 0.338 e. The second-order valence-corrected chi connectivity index (χ2v) is 6.66. The summed E-state index contributed by atoms with van der Waals surface area (Å²) in [6.07, 6.45) is 1.66. The van der Waals surface area contributed by atoms with Gasteiger partial charge in [-0.25, -0.2) is 8.42 Å². The first kappa shape index (κ1) is 13.2. The predicted molar refractivity (Wildman–Crippen MR) is 72.3 cm³/mol. The zero-order valence-electron chi connectivity index (χ0n) is 10.0. The molecule has 0 aliphatic carbocycles. The Morgan fingerprint density at radius 2 is 1.72 bits per heavy atom. The lowest BCUT2D eigenvalue weighted by Crippen LogP contribution is -2.04. The van der Waals surface area contributed by atoms with Crippen LogP contribution in [0.5, 0.6) is 0 Å². The summed E-state index contributed by atoms with van der Waals surface area (Å²) in [6.45, 7) is 0. The predicted octanol–water partition coefficient (Wildman–Crippen LogP) is 2.74. The van der Waals surface area contributed by atoms with Gasteiger partial charge in [-0.2, -0.15) is 0 Å². The average Bonchev–Trinajstić information content (AvgIpc) is 2.69. The molecule has 0 saturated carbocycles. The molecule has 1 aromatic carbocycles. The maximum absolute atomic E-state index is 11.3. The molecule has 0 aliphatic rings. The van der Waals surface area contributed by atoms with Crippen LogP contribution >= 0.6 is 10.7 Å². The first-order valence-corrected chi connectivity index (χ1v) is 7.92. The Hall–Kier alpha value is -1.26. The summed E-state index contributed by atoms with van der Waals surface area (Å²) in [7, 11) is 3.40. The Labute approximate surface area is 111 Å². The third-order valence-corrected chi connectivity index (χ3v) is 4.33. The van der Waals surface area contributed by atoms with Crippen molar-refractivity contribution in [2.75, 3.05) is 0 Å². The number of hydrogen-bond acceptors (Lipinski definition) is 2. The first-order chi connectivity index (χ1) is 8.48. The molecule has 0 unspecified atom stereocenters. The first-order valence-electron chi connectivity index (χ1n) is 5.61. The third kappa shape index (κ3) is 2.94. The number of halogens is 1. The van der Waals surface area contributed by atoms with Crippen LogP contribution in [-0.2, 0) is 28.9 Å². The van der Waals surface area contributed by atoms with Crippen molar-refractivity contribution in [3.05, 3.63) is 53.7 Å². The molecule has 1 aromatic heterocycles. The van der Waals surface area contributed by atoms with E-state index in [0.717, 1.165) is 18.5 Å². The van der Waals surface area contributed by atoms with E-state index in [1.54, 1.807) is 23.7 Å². The molecule has 5 heteroatoms. The lowest BCUT2D eigenvalue weighted by Gasteiger charge is -2.05. The standard InChI is InChI=1S/C13H14ClNO2S/c1-15-12(9-10-13(15)18(14,16)17)8-7-11-5-3-2-4-6-11/h2-6,9-10H,7-8H2,1H3. The van der Waals surface area contributed by atoms with Gasteiger partial charge in [-0.3, -0.25) is 0 Å². The van der Waals surface area contributed by atoms with Gasteiger partial charge in [-0.15, -0.1) is 0 Å². The molecular weight excluding hydrogens is 270 g/mol. The Kier molecular flexibility index (Phi) is 3.78. The molecule has 1 heterocycles. The molecule has 18 heavy (non-hydrogen) atoms. The van der Waals surface area contributed by atoms with Gasteiger partial charge in [0.15, 0.2) is 5.03 Å². The van der Waals surface area contributed by atoms with Crippen molar-refractivity contribution in [2.24, 2.45) is 7.05 Å². The van der Waals surface area contributed by atoms with Gasteiger partial charge < -0.3 is 4.57 Å². The molecule has 2 aromatic rings. The van der Waals surface area contributed by atoms with E-state index in [0.29, 0.717) is 0 Å². The van der Waals surface area contributed by atoms with Crippen LogP contribution < -0.4 is 0 Å². The van der Waals surface area contributed by atoms with Crippen LogP contribution in [0.2, 0.25) is 0 Å². The van der Waals surface area contributed by atoms with Gasteiger partial charge >= 0.3 is 0 Å². The van der Waals surface area contributed by atoms with Gasteiger partial charge in [-0.1, -0.05) is 30.3 Å². The lowest BCUT2D eigenvalue weighted by molar-refractivity contribution is 0.597. The normalized spacial score (nSPS) is 11.7. The molecular formula is C13H14ClNO2S. The molecule has 96 valence electrons. The van der Waals surface area contributed by atoms with Crippen molar-refractivity contribution >= 4 is 19.7 Å². The van der Waals surface area contributed by atoms with Crippen molar-refractivity contribution in [2.45, 2.75) is 17.9 Å². The quantitative estimate of drug-likeness (QED) is 0.810. The van der Waals surface area contributed by atoms with Crippen molar-refractivity contribution < 1.29 is 8.42 Å². The topological polar surface area (TPSA) is 39.1 Å². The van der Waals surface area contributed by atoms with Crippen molar-refractivity contribution in [1.29, 1.82) is 0 Å². The lowest BCUT2D eigenvalue weighted by atomic mass is 10.1. The summed E-state index contributed by atoms with van der Waals surface area (Å²) >= 11 is 0. The van der Waals surface area contributed by atoms with Gasteiger partial charge in [0.2, 0.25) is 0 Å². The van der Waals surface area contributed by atoms with Gasteiger partial charge in [0.1, 0.15) is 0 Å². The van der Waals surface area contributed by atoms with E-state index in [1.165, 1.54) is 5.56 Å². The summed E-state index contributed by atoms with van der Waals surface area (Å²) < 4.78 is 24.2. The Morgan fingerprint density at radius 3 is 2.28 bits per heavy atom. The Morgan fingerprint density at radius 1 is 1.06 bits per heavy atom. The van der Waals surface area contributed by atoms with E-state index in [2.05, 4.69) is 12.1 Å². The maximum atomic E-state index is 11.3. The van der Waals surface area contributed by atoms with Crippen molar-refractivity contribution in [1.82, 2.24) is 4.57 Å². The minimum Gasteiger partial charge on any atom is -0.338 e. The molecule has 0 spiro atoms. The summed E-state index contributed by atoms with van der Waals surface area (Å²) in [4.78, 5) is 0. The van der Waals surface area contributed by atoms with Crippen LogP contribution in [0, 0.1) is 0 Å². The average molecular weight is 284 g/mol. The van der Waals surface area contributed by atoms with Gasteiger partial charge in [0.25, 0.3) is 9.05 Å².